The van der Waals surface area contributed by atoms with Crippen molar-refractivity contribution in [1.82, 2.24) is 19.9 Å². The van der Waals surface area contributed by atoms with Gasteiger partial charge < -0.3 is 9.84 Å². The topological polar surface area (TPSA) is 74.5 Å². The molecule has 1 saturated heterocycles. The van der Waals surface area contributed by atoms with Gasteiger partial charge in [0.1, 0.15) is 0 Å². The van der Waals surface area contributed by atoms with Gasteiger partial charge in [-0.3, -0.25) is 14.6 Å². The van der Waals surface area contributed by atoms with Gasteiger partial charge in [0, 0.05) is 38.3 Å². The van der Waals surface area contributed by atoms with Gasteiger partial charge in [-0.25, -0.2) is 0 Å². The summed E-state index contributed by atoms with van der Waals surface area (Å²) in [4.78, 5) is 21.4. The number of carbonyl (C=O) groups excluding carboxylic acids is 1. The molecule has 2 aromatic rings. The van der Waals surface area contributed by atoms with Gasteiger partial charge in [-0.2, -0.15) is 4.98 Å². The van der Waals surface area contributed by atoms with Gasteiger partial charge in [0.25, 0.3) is 0 Å². The van der Waals surface area contributed by atoms with Gasteiger partial charge in [-0.1, -0.05) is 44.1 Å². The van der Waals surface area contributed by atoms with Gasteiger partial charge >= 0.3 is 0 Å². The molecule has 28 heavy (non-hydrogen) atoms. The van der Waals surface area contributed by atoms with Crippen LogP contribution in [0.15, 0.2) is 28.8 Å². The van der Waals surface area contributed by atoms with Gasteiger partial charge in [0.05, 0.1) is 13.1 Å². The molecule has 1 N–H and O–H groups in total. The van der Waals surface area contributed by atoms with Crippen molar-refractivity contribution in [3.63, 3.8) is 0 Å². The lowest BCUT2D eigenvalue weighted by atomic mass is 10.1. The third-order valence-electron chi connectivity index (χ3n) is 4.96. The van der Waals surface area contributed by atoms with Crippen LogP contribution in [0.2, 0.25) is 0 Å². The molecule has 7 heteroatoms. The number of rotatable bonds is 8. The lowest BCUT2D eigenvalue weighted by Gasteiger charge is -2.33. The molecular weight excluding hydrogens is 354 g/mol. The molecule has 2 heterocycles. The zero-order valence-corrected chi connectivity index (χ0v) is 17.1. The summed E-state index contributed by atoms with van der Waals surface area (Å²) in [5, 5.41) is 7.10. The van der Waals surface area contributed by atoms with E-state index < -0.39 is 0 Å². The highest BCUT2D eigenvalue weighted by Gasteiger charge is 2.21. The standard InChI is InChI=1S/C21H31N5O2/c1-4-17-7-5-6-8-18(17)22-20(27)14-25-9-11-26(12-10-25)15-21-23-19(24-28-21)13-16(2)3/h5-8,16H,4,9-15H2,1-3H3,(H,22,27). The van der Waals surface area contributed by atoms with Crippen LogP contribution in [0.4, 0.5) is 5.69 Å². The smallest absolute Gasteiger partial charge is 0.240 e. The summed E-state index contributed by atoms with van der Waals surface area (Å²) in [5.74, 6) is 2.03. The van der Waals surface area contributed by atoms with Crippen LogP contribution in [0, 0.1) is 5.92 Å². The number of piperazine rings is 1. The SMILES string of the molecule is CCc1ccccc1NC(=O)CN1CCN(Cc2nc(CC(C)C)no2)CC1. The lowest BCUT2D eigenvalue weighted by Crippen LogP contribution is -2.48. The van der Waals surface area contributed by atoms with Crippen LogP contribution in [0.25, 0.3) is 0 Å². The molecule has 7 nitrogen and oxygen atoms in total. The van der Waals surface area contributed by atoms with Crippen LogP contribution >= 0.6 is 0 Å². The van der Waals surface area contributed by atoms with E-state index in [9.17, 15) is 4.79 Å². The number of benzene rings is 1. The van der Waals surface area contributed by atoms with E-state index in [1.807, 2.05) is 18.2 Å². The highest BCUT2D eigenvalue weighted by Crippen LogP contribution is 2.15. The van der Waals surface area contributed by atoms with Crippen LogP contribution in [-0.4, -0.2) is 58.6 Å². The number of amides is 1. The van der Waals surface area contributed by atoms with E-state index in [0.29, 0.717) is 24.9 Å². The van der Waals surface area contributed by atoms with Crippen molar-refractivity contribution in [3.05, 3.63) is 41.5 Å². The molecule has 0 saturated carbocycles. The maximum Gasteiger partial charge on any atom is 0.240 e. The van der Waals surface area contributed by atoms with Crippen molar-refractivity contribution in [3.8, 4) is 0 Å². The summed E-state index contributed by atoms with van der Waals surface area (Å²) in [6.45, 7) is 11.0. The fourth-order valence-electron chi connectivity index (χ4n) is 3.44. The average Bonchev–Trinajstić information content (AvgIpc) is 3.10. The molecule has 1 aromatic carbocycles. The van der Waals surface area contributed by atoms with Crippen molar-refractivity contribution >= 4 is 11.6 Å². The quantitative estimate of drug-likeness (QED) is 0.753. The zero-order valence-electron chi connectivity index (χ0n) is 17.1. The summed E-state index contributed by atoms with van der Waals surface area (Å²) in [5.41, 5.74) is 2.08. The molecule has 1 fully saturated rings. The monoisotopic (exact) mass is 385 g/mol. The van der Waals surface area contributed by atoms with Crippen molar-refractivity contribution in [2.45, 2.75) is 40.2 Å². The van der Waals surface area contributed by atoms with E-state index in [2.05, 4.69) is 52.1 Å². The Morgan fingerprint density at radius 3 is 2.61 bits per heavy atom. The van der Waals surface area contributed by atoms with Crippen LogP contribution in [0.5, 0.6) is 0 Å². The molecule has 0 radical (unpaired) electrons. The molecule has 0 unspecified atom stereocenters. The molecule has 1 aromatic heterocycles. The van der Waals surface area contributed by atoms with Crippen molar-refractivity contribution < 1.29 is 9.32 Å². The fraction of sp³-hybridized carbons (Fsp3) is 0.571. The zero-order chi connectivity index (χ0) is 19.9. The molecule has 1 aliphatic rings. The molecular formula is C21H31N5O2. The third kappa shape index (κ3) is 5.87. The predicted octanol–water partition coefficient (Wildman–Crippen LogP) is 2.59. The van der Waals surface area contributed by atoms with Crippen molar-refractivity contribution in [2.24, 2.45) is 5.92 Å². The number of carbonyl (C=O) groups is 1. The maximum atomic E-state index is 12.4. The van der Waals surface area contributed by atoms with Crippen LogP contribution < -0.4 is 5.32 Å². The average molecular weight is 386 g/mol. The van der Waals surface area contributed by atoms with E-state index in [1.165, 1.54) is 0 Å². The number of anilines is 1. The molecule has 0 spiro atoms. The van der Waals surface area contributed by atoms with E-state index in [-0.39, 0.29) is 5.91 Å². The predicted molar refractivity (Wildman–Crippen MR) is 109 cm³/mol. The van der Waals surface area contributed by atoms with E-state index in [1.54, 1.807) is 0 Å². The van der Waals surface area contributed by atoms with Crippen molar-refractivity contribution in [2.75, 3.05) is 38.0 Å². The minimum absolute atomic E-state index is 0.0459. The lowest BCUT2D eigenvalue weighted by molar-refractivity contribution is -0.117. The molecule has 0 bridgehead atoms. The second kappa shape index (κ2) is 9.80. The Balaban J connectivity index is 1.42. The summed E-state index contributed by atoms with van der Waals surface area (Å²) >= 11 is 0. The number of aromatic nitrogens is 2. The molecule has 0 atom stereocenters. The van der Waals surface area contributed by atoms with E-state index in [0.717, 1.165) is 56.1 Å². The number of hydrogen-bond acceptors (Lipinski definition) is 6. The number of hydrogen-bond donors (Lipinski definition) is 1. The summed E-state index contributed by atoms with van der Waals surface area (Å²) in [7, 11) is 0. The Kier molecular flexibility index (Phi) is 7.17. The van der Waals surface area contributed by atoms with Gasteiger partial charge in [0.2, 0.25) is 11.8 Å². The molecule has 3 rings (SSSR count). The van der Waals surface area contributed by atoms with Crippen molar-refractivity contribution in [1.29, 1.82) is 0 Å². The normalized spacial score (nSPS) is 15.9. The number of nitrogens with one attached hydrogen (secondary N) is 1. The highest BCUT2D eigenvalue weighted by molar-refractivity contribution is 5.93. The van der Waals surface area contributed by atoms with E-state index in [4.69, 9.17) is 4.52 Å². The minimum Gasteiger partial charge on any atom is -0.338 e. The summed E-state index contributed by atoms with van der Waals surface area (Å²) in [6, 6.07) is 7.98. The Labute approximate surface area is 167 Å². The van der Waals surface area contributed by atoms with Gasteiger partial charge in [-0.15, -0.1) is 0 Å². The number of para-hydroxylation sites is 1. The third-order valence-corrected chi connectivity index (χ3v) is 4.96. The number of nitrogens with zero attached hydrogens (tertiary/aromatic N) is 4. The largest absolute Gasteiger partial charge is 0.338 e. The maximum absolute atomic E-state index is 12.4. The molecule has 1 aliphatic heterocycles. The highest BCUT2D eigenvalue weighted by atomic mass is 16.5. The first-order valence-electron chi connectivity index (χ1n) is 10.2. The minimum atomic E-state index is 0.0459. The van der Waals surface area contributed by atoms with E-state index >= 15 is 0 Å². The summed E-state index contributed by atoms with van der Waals surface area (Å²) < 4.78 is 5.37. The molecule has 1 amide bonds. The first-order chi connectivity index (χ1) is 13.5. The van der Waals surface area contributed by atoms with Gasteiger partial charge in [-0.05, 0) is 24.0 Å². The Morgan fingerprint density at radius 1 is 1.18 bits per heavy atom. The fourth-order valence-corrected chi connectivity index (χ4v) is 3.44. The second-order valence-corrected chi connectivity index (χ2v) is 7.81. The van der Waals surface area contributed by atoms with Crippen LogP contribution in [0.3, 0.4) is 0 Å². The first kappa shape index (κ1) is 20.5. The van der Waals surface area contributed by atoms with Crippen LogP contribution in [0.1, 0.15) is 38.0 Å². The van der Waals surface area contributed by atoms with Gasteiger partial charge in [0.15, 0.2) is 5.82 Å². The summed E-state index contributed by atoms with van der Waals surface area (Å²) in [6.07, 6.45) is 1.75. The molecule has 152 valence electrons. The Hall–Kier alpha value is -2.25. The molecule has 0 aliphatic carbocycles. The first-order valence-corrected chi connectivity index (χ1v) is 10.2. The van der Waals surface area contributed by atoms with Crippen LogP contribution in [-0.2, 0) is 24.2 Å². The Morgan fingerprint density at radius 2 is 1.89 bits per heavy atom. The number of aryl methyl sites for hydroxylation is 1. The second-order valence-electron chi connectivity index (χ2n) is 7.81. The Bertz CT molecular complexity index is 766.